The van der Waals surface area contributed by atoms with Crippen LogP contribution in [0.15, 0.2) is 72.1 Å². The van der Waals surface area contributed by atoms with Crippen LogP contribution in [0.4, 0.5) is 10.5 Å². The number of hydrogen-bond acceptors (Lipinski definition) is 7. The Morgan fingerprint density at radius 2 is 1.62 bits per heavy atom. The first-order valence-electron chi connectivity index (χ1n) is 15.1. The number of aromatic nitrogens is 2. The fraction of sp³-hybridized carbons (Fsp3) is 0.485. The van der Waals surface area contributed by atoms with Crippen LogP contribution < -0.4 is 10.6 Å². The summed E-state index contributed by atoms with van der Waals surface area (Å²) < 4.78 is 13.0. The Balaban J connectivity index is 1.05. The van der Waals surface area contributed by atoms with Gasteiger partial charge in [0.15, 0.2) is 11.4 Å². The number of urea groups is 1. The van der Waals surface area contributed by atoms with E-state index in [1.807, 2.05) is 54.6 Å². The minimum Gasteiger partial charge on any atom is -0.392 e. The van der Waals surface area contributed by atoms with Gasteiger partial charge in [0, 0.05) is 41.4 Å². The van der Waals surface area contributed by atoms with E-state index in [2.05, 4.69) is 20.6 Å². The van der Waals surface area contributed by atoms with E-state index < -0.39 is 6.29 Å². The molecule has 4 saturated carbocycles. The molecule has 0 unspecified atom stereocenters. The van der Waals surface area contributed by atoms with Gasteiger partial charge in [-0.1, -0.05) is 48.2 Å². The summed E-state index contributed by atoms with van der Waals surface area (Å²) in [4.78, 5) is 21.9. The standard InChI is InChI=1S/C33H38N4O4S/c38-19-21-5-7-25(8-6-21)29-15-28(20-42-32-34-9-2-10-35-32)40-30(41-29)26-3-1-4-27(14-26)36-31(39)37-33-16-22-11-23(17-33)13-24(12-22)18-33/h1-10,14,22-24,28-30,38H,11-13,15-20H2,(H2,36,37,39)/t22?,23?,24?,28-,29+,30+,33?/m0/s1. The van der Waals surface area contributed by atoms with Crippen LogP contribution in [-0.2, 0) is 16.1 Å². The van der Waals surface area contributed by atoms with E-state index in [0.717, 1.165) is 59.4 Å². The van der Waals surface area contributed by atoms with Crippen LogP contribution in [0, 0.1) is 17.8 Å². The van der Waals surface area contributed by atoms with Crippen molar-refractivity contribution in [3.63, 3.8) is 0 Å². The molecule has 8 nitrogen and oxygen atoms in total. The molecule has 8 rings (SSSR count). The Hall–Kier alpha value is -2.98. The zero-order valence-electron chi connectivity index (χ0n) is 23.7. The van der Waals surface area contributed by atoms with E-state index >= 15 is 0 Å². The number of aliphatic hydroxyl groups excluding tert-OH is 1. The fourth-order valence-corrected chi connectivity index (χ4v) is 8.80. The second-order valence-electron chi connectivity index (χ2n) is 12.6. The summed E-state index contributed by atoms with van der Waals surface area (Å²) in [5, 5.41) is 16.7. The number of ether oxygens (including phenoxy) is 2. The second kappa shape index (κ2) is 12.0. The quantitative estimate of drug-likeness (QED) is 0.207. The highest BCUT2D eigenvalue weighted by atomic mass is 32.2. The summed E-state index contributed by atoms with van der Waals surface area (Å²) in [5.41, 5.74) is 3.43. The number of benzene rings is 2. The normalized spacial score (nSPS) is 31.5. The van der Waals surface area contributed by atoms with Gasteiger partial charge in [-0.05, 0) is 85.6 Å². The zero-order valence-corrected chi connectivity index (χ0v) is 24.5. The zero-order chi connectivity index (χ0) is 28.5. The molecule has 3 aromatic rings. The van der Waals surface area contributed by atoms with Gasteiger partial charge in [0.05, 0.1) is 18.8 Å². The van der Waals surface area contributed by atoms with Gasteiger partial charge in [-0.2, -0.15) is 0 Å². The first kappa shape index (κ1) is 27.8. The molecule has 4 aliphatic carbocycles. The van der Waals surface area contributed by atoms with Crippen LogP contribution in [0.5, 0.6) is 0 Å². The maximum absolute atomic E-state index is 13.2. The SMILES string of the molecule is O=C(Nc1cccc([C@@H]2O[C@H](CSc3ncccn3)C[C@H](c3ccc(CO)cc3)O2)c1)NC12CC3CC(CC(C3)C1)C2. The first-order valence-corrected chi connectivity index (χ1v) is 16.1. The molecule has 0 spiro atoms. The van der Waals surface area contributed by atoms with Gasteiger partial charge < -0.3 is 25.2 Å². The van der Waals surface area contributed by atoms with Gasteiger partial charge in [-0.15, -0.1) is 0 Å². The minimum absolute atomic E-state index is 0.00408. The third kappa shape index (κ3) is 6.20. The predicted octanol–water partition coefficient (Wildman–Crippen LogP) is 6.40. The summed E-state index contributed by atoms with van der Waals surface area (Å²) in [7, 11) is 0. The number of carbonyl (C=O) groups excluding carboxylic acids is 1. The van der Waals surface area contributed by atoms with Gasteiger partial charge in [0.2, 0.25) is 0 Å². The Bertz CT molecular complexity index is 1350. The second-order valence-corrected chi connectivity index (χ2v) is 13.6. The van der Waals surface area contributed by atoms with Gasteiger partial charge in [0.1, 0.15) is 0 Å². The van der Waals surface area contributed by atoms with Crippen molar-refractivity contribution >= 4 is 23.5 Å². The van der Waals surface area contributed by atoms with E-state index in [9.17, 15) is 9.90 Å². The molecular formula is C33H38N4O4S. The summed E-state index contributed by atoms with van der Waals surface area (Å²) in [6.07, 6.45) is 10.7. The van der Waals surface area contributed by atoms with Crippen LogP contribution in [0.25, 0.3) is 0 Å². The van der Waals surface area contributed by atoms with Crippen molar-refractivity contribution < 1.29 is 19.4 Å². The molecule has 220 valence electrons. The lowest BCUT2D eigenvalue weighted by molar-refractivity contribution is -0.245. The highest BCUT2D eigenvalue weighted by molar-refractivity contribution is 7.99. The Labute approximate surface area is 251 Å². The molecule has 4 bridgehead atoms. The number of thioether (sulfide) groups is 1. The van der Waals surface area contributed by atoms with Crippen molar-refractivity contribution in [2.75, 3.05) is 11.1 Å². The van der Waals surface area contributed by atoms with Crippen molar-refractivity contribution in [2.24, 2.45) is 17.8 Å². The molecule has 0 radical (unpaired) electrons. The average molecular weight is 587 g/mol. The molecule has 2 aromatic carbocycles. The third-order valence-corrected chi connectivity index (χ3v) is 10.4. The number of aliphatic hydroxyl groups is 1. The number of carbonyl (C=O) groups is 1. The molecule has 3 N–H and O–H groups in total. The van der Waals surface area contributed by atoms with Crippen molar-refractivity contribution in [3.05, 3.63) is 83.7 Å². The molecule has 2 heterocycles. The molecule has 5 fully saturated rings. The van der Waals surface area contributed by atoms with E-state index in [-0.39, 0.29) is 30.4 Å². The highest BCUT2D eigenvalue weighted by Gasteiger charge is 2.51. The molecule has 3 atom stereocenters. The lowest BCUT2D eigenvalue weighted by atomic mass is 9.53. The monoisotopic (exact) mass is 586 g/mol. The third-order valence-electron chi connectivity index (χ3n) is 9.39. The van der Waals surface area contributed by atoms with Crippen LogP contribution in [0.2, 0.25) is 0 Å². The van der Waals surface area contributed by atoms with Crippen molar-refractivity contribution in [1.29, 1.82) is 0 Å². The molecule has 1 aromatic heterocycles. The predicted molar refractivity (Wildman–Crippen MR) is 161 cm³/mol. The van der Waals surface area contributed by atoms with E-state index in [0.29, 0.717) is 17.3 Å². The topological polar surface area (TPSA) is 106 Å². The Morgan fingerprint density at radius 1 is 0.905 bits per heavy atom. The smallest absolute Gasteiger partial charge is 0.319 e. The van der Waals surface area contributed by atoms with Crippen LogP contribution in [0.1, 0.15) is 74.0 Å². The number of nitrogens with zero attached hydrogens (tertiary/aromatic N) is 2. The summed E-state index contributed by atoms with van der Waals surface area (Å²) in [6.45, 7) is 0.00408. The Morgan fingerprint density at radius 3 is 2.31 bits per heavy atom. The molecule has 5 aliphatic rings. The number of nitrogens with one attached hydrogen (secondary N) is 2. The maximum Gasteiger partial charge on any atom is 0.319 e. The lowest BCUT2D eigenvalue weighted by Gasteiger charge is -2.56. The molecular weight excluding hydrogens is 548 g/mol. The highest BCUT2D eigenvalue weighted by Crippen LogP contribution is 2.55. The molecule has 1 saturated heterocycles. The van der Waals surface area contributed by atoms with Crippen molar-refractivity contribution in [3.8, 4) is 0 Å². The van der Waals surface area contributed by atoms with Crippen LogP contribution in [0.3, 0.4) is 0 Å². The average Bonchev–Trinajstić information content (AvgIpc) is 2.99. The van der Waals surface area contributed by atoms with E-state index in [1.165, 1.54) is 19.3 Å². The van der Waals surface area contributed by atoms with Gasteiger partial charge in [-0.25, -0.2) is 14.8 Å². The van der Waals surface area contributed by atoms with Crippen molar-refractivity contribution in [2.45, 2.75) is 80.7 Å². The summed E-state index contributed by atoms with van der Waals surface area (Å²) in [5.74, 6) is 2.99. The summed E-state index contributed by atoms with van der Waals surface area (Å²) >= 11 is 1.56. The largest absolute Gasteiger partial charge is 0.392 e. The fourth-order valence-electron chi connectivity index (χ4n) is 7.98. The van der Waals surface area contributed by atoms with Gasteiger partial charge >= 0.3 is 6.03 Å². The van der Waals surface area contributed by atoms with Crippen molar-refractivity contribution in [1.82, 2.24) is 15.3 Å². The number of anilines is 1. The number of rotatable bonds is 8. The Kier molecular flexibility index (Phi) is 7.92. The van der Waals surface area contributed by atoms with Crippen LogP contribution >= 0.6 is 11.8 Å². The number of amides is 2. The maximum atomic E-state index is 13.2. The minimum atomic E-state index is -0.600. The van der Waals surface area contributed by atoms with E-state index in [1.54, 1.807) is 24.2 Å². The van der Waals surface area contributed by atoms with Gasteiger partial charge in [-0.3, -0.25) is 0 Å². The first-order chi connectivity index (χ1) is 20.5. The molecule has 9 heteroatoms. The lowest BCUT2D eigenvalue weighted by Crippen LogP contribution is -2.60. The molecule has 42 heavy (non-hydrogen) atoms. The van der Waals surface area contributed by atoms with Gasteiger partial charge in [0.25, 0.3) is 0 Å². The van der Waals surface area contributed by atoms with E-state index in [4.69, 9.17) is 9.47 Å². The summed E-state index contributed by atoms with van der Waals surface area (Å²) in [6, 6.07) is 17.3. The molecule has 1 aliphatic heterocycles. The number of hydrogen-bond donors (Lipinski definition) is 3. The van der Waals surface area contributed by atoms with Crippen LogP contribution in [-0.4, -0.2) is 38.5 Å². The molecule has 2 amide bonds.